The number of hydrogen-bond donors (Lipinski definition) is 2. The van der Waals surface area contributed by atoms with E-state index >= 15 is 0 Å². The summed E-state index contributed by atoms with van der Waals surface area (Å²) in [7, 11) is 0. The molecule has 8 nitrogen and oxygen atoms in total. The van der Waals surface area contributed by atoms with Crippen molar-refractivity contribution < 1.29 is 33.8 Å². The lowest BCUT2D eigenvalue weighted by Gasteiger charge is -2.57. The fourth-order valence-corrected chi connectivity index (χ4v) is 8.73. The first-order valence-corrected chi connectivity index (χ1v) is 14.8. The van der Waals surface area contributed by atoms with Gasteiger partial charge in [-0.15, -0.1) is 11.3 Å². The Labute approximate surface area is 232 Å². The number of rotatable bonds is 8. The summed E-state index contributed by atoms with van der Waals surface area (Å²) in [5.41, 5.74) is -1.95. The van der Waals surface area contributed by atoms with Gasteiger partial charge in [-0.1, -0.05) is 25.5 Å². The van der Waals surface area contributed by atoms with Crippen molar-refractivity contribution in [2.24, 2.45) is 28.6 Å². The van der Waals surface area contributed by atoms with Crippen LogP contribution >= 0.6 is 11.3 Å². The molecule has 0 radical (unpaired) electrons. The van der Waals surface area contributed by atoms with Crippen LogP contribution in [-0.4, -0.2) is 46.5 Å². The molecule has 3 unspecified atom stereocenters. The maximum absolute atomic E-state index is 13.7. The van der Waals surface area contributed by atoms with Crippen molar-refractivity contribution >= 4 is 40.6 Å². The SMILES string of the molecule is C[C@]12CCC(=O)C=C1CCC1C2C(=O)C[C@@]2(C)C1CC[C@]2(O)C(=O)COC(=O)CCC(=O)NCc1cccs1. The zero-order valence-corrected chi connectivity index (χ0v) is 23.4. The normalized spacial score (nSPS) is 35.4. The van der Waals surface area contributed by atoms with E-state index in [-0.39, 0.29) is 66.3 Å². The van der Waals surface area contributed by atoms with Gasteiger partial charge in [-0.25, -0.2) is 0 Å². The molecule has 2 N–H and O–H groups in total. The molecule has 3 saturated carbocycles. The summed E-state index contributed by atoms with van der Waals surface area (Å²) in [6.07, 6.45) is 5.11. The molecule has 3 fully saturated rings. The molecule has 210 valence electrons. The number of ketones is 3. The number of carbonyl (C=O) groups excluding carboxylic acids is 5. The van der Waals surface area contributed by atoms with Crippen molar-refractivity contribution in [3.63, 3.8) is 0 Å². The third-order valence-corrected chi connectivity index (χ3v) is 11.1. The number of hydrogen-bond acceptors (Lipinski definition) is 8. The van der Waals surface area contributed by atoms with Crippen LogP contribution in [0.5, 0.6) is 0 Å². The van der Waals surface area contributed by atoms with E-state index in [1.54, 1.807) is 6.08 Å². The van der Waals surface area contributed by atoms with E-state index in [1.807, 2.05) is 24.4 Å². The number of aliphatic hydroxyl groups is 1. The van der Waals surface area contributed by atoms with Crippen LogP contribution in [0.2, 0.25) is 0 Å². The summed E-state index contributed by atoms with van der Waals surface area (Å²) in [6, 6.07) is 3.80. The maximum atomic E-state index is 13.7. The Balaban J connectivity index is 1.19. The van der Waals surface area contributed by atoms with Crippen molar-refractivity contribution in [2.75, 3.05) is 6.61 Å². The van der Waals surface area contributed by atoms with Crippen LogP contribution in [0.15, 0.2) is 29.2 Å². The third kappa shape index (κ3) is 4.82. The van der Waals surface area contributed by atoms with Crippen LogP contribution in [-0.2, 0) is 35.3 Å². The Morgan fingerprint density at radius 3 is 2.67 bits per heavy atom. The summed E-state index contributed by atoms with van der Waals surface area (Å²) in [5.74, 6) is -1.53. The van der Waals surface area contributed by atoms with Gasteiger partial charge in [0.05, 0.1) is 13.0 Å². The number of nitrogens with one attached hydrogen (secondary N) is 1. The van der Waals surface area contributed by atoms with Crippen molar-refractivity contribution in [2.45, 2.75) is 83.8 Å². The minimum absolute atomic E-state index is 0.00658. The number of allylic oxidation sites excluding steroid dienone is 1. The molecule has 39 heavy (non-hydrogen) atoms. The summed E-state index contributed by atoms with van der Waals surface area (Å²) in [4.78, 5) is 64.4. The highest BCUT2D eigenvalue weighted by Crippen LogP contribution is 2.66. The maximum Gasteiger partial charge on any atom is 0.306 e. The van der Waals surface area contributed by atoms with Crippen LogP contribution in [0.1, 0.15) is 76.5 Å². The predicted molar refractivity (Wildman–Crippen MR) is 143 cm³/mol. The lowest BCUT2D eigenvalue weighted by atomic mass is 9.46. The molecule has 4 aliphatic carbocycles. The molecule has 0 bridgehead atoms. The van der Waals surface area contributed by atoms with Gasteiger partial charge in [-0.05, 0) is 66.9 Å². The highest BCUT2D eigenvalue weighted by atomic mass is 32.1. The largest absolute Gasteiger partial charge is 0.458 e. The molecule has 5 rings (SSSR count). The van der Waals surface area contributed by atoms with Gasteiger partial charge in [0.25, 0.3) is 0 Å². The zero-order valence-electron chi connectivity index (χ0n) is 22.6. The second-order valence-electron chi connectivity index (χ2n) is 12.2. The number of Topliss-reactive ketones (excluding diaryl/α,β-unsaturated/α-hetero) is 2. The molecule has 4 aliphatic rings. The first-order chi connectivity index (χ1) is 18.5. The summed E-state index contributed by atoms with van der Waals surface area (Å²) in [5, 5.41) is 16.4. The average molecular weight is 556 g/mol. The van der Waals surface area contributed by atoms with Gasteiger partial charge in [-0.2, -0.15) is 0 Å². The fraction of sp³-hybridized carbons (Fsp3) is 0.633. The molecule has 1 amide bonds. The topological polar surface area (TPSA) is 127 Å². The summed E-state index contributed by atoms with van der Waals surface area (Å²) >= 11 is 1.53. The monoisotopic (exact) mass is 555 g/mol. The van der Waals surface area contributed by atoms with Crippen molar-refractivity contribution in [3.05, 3.63) is 34.0 Å². The Kier molecular flexibility index (Phi) is 7.44. The second kappa shape index (κ2) is 10.4. The summed E-state index contributed by atoms with van der Waals surface area (Å²) < 4.78 is 5.19. The van der Waals surface area contributed by atoms with E-state index in [9.17, 15) is 29.1 Å². The zero-order chi connectivity index (χ0) is 28.0. The van der Waals surface area contributed by atoms with Crippen LogP contribution < -0.4 is 5.32 Å². The van der Waals surface area contributed by atoms with E-state index in [0.717, 1.165) is 23.3 Å². The standard InChI is InChI=1S/C30H37NO7S/c1-28-11-9-19(32)14-18(28)5-6-21-22-10-12-30(37,29(22,2)15-23(33)27(21)28)24(34)17-38-26(36)8-7-25(35)31-16-20-4-3-13-39-20/h3-4,13-14,21-22,27,37H,5-12,15-17H2,1-2H3,(H,31,35)/t21?,22?,27?,28-,29-,30-/m0/s1. The number of thiophene rings is 1. The Hall–Kier alpha value is -2.65. The minimum atomic E-state index is -1.75. The number of ether oxygens (including phenoxy) is 1. The smallest absolute Gasteiger partial charge is 0.306 e. The minimum Gasteiger partial charge on any atom is -0.458 e. The highest BCUT2D eigenvalue weighted by Gasteiger charge is 2.68. The average Bonchev–Trinajstić information content (AvgIpc) is 3.51. The highest BCUT2D eigenvalue weighted by molar-refractivity contribution is 7.09. The van der Waals surface area contributed by atoms with Gasteiger partial charge in [0.15, 0.2) is 12.4 Å². The molecule has 1 heterocycles. The first-order valence-electron chi connectivity index (χ1n) is 13.9. The number of fused-ring (bicyclic) bond motifs is 5. The lowest BCUT2D eigenvalue weighted by molar-refractivity contribution is -0.173. The van der Waals surface area contributed by atoms with E-state index < -0.39 is 29.4 Å². The van der Waals surface area contributed by atoms with Gasteiger partial charge in [0.2, 0.25) is 11.7 Å². The van der Waals surface area contributed by atoms with E-state index in [0.29, 0.717) is 25.8 Å². The first kappa shape index (κ1) is 27.9. The Bertz CT molecular complexity index is 1220. The van der Waals surface area contributed by atoms with Crippen LogP contribution in [0.25, 0.3) is 0 Å². The van der Waals surface area contributed by atoms with Crippen molar-refractivity contribution in [1.82, 2.24) is 5.32 Å². The number of carbonyl (C=O) groups is 5. The quantitative estimate of drug-likeness (QED) is 0.468. The van der Waals surface area contributed by atoms with Gasteiger partial charge < -0.3 is 15.2 Å². The van der Waals surface area contributed by atoms with Gasteiger partial charge >= 0.3 is 5.97 Å². The molecular formula is C30H37NO7S. The van der Waals surface area contributed by atoms with Crippen LogP contribution in [0.4, 0.5) is 0 Å². The van der Waals surface area contributed by atoms with Gasteiger partial charge in [0, 0.05) is 35.5 Å². The van der Waals surface area contributed by atoms with Gasteiger partial charge in [0.1, 0.15) is 11.4 Å². The molecule has 6 atom stereocenters. The third-order valence-electron chi connectivity index (χ3n) is 10.2. The molecule has 0 aliphatic heterocycles. The lowest BCUT2D eigenvalue weighted by Crippen LogP contribution is -2.61. The van der Waals surface area contributed by atoms with E-state index in [1.165, 1.54) is 11.3 Å². The van der Waals surface area contributed by atoms with Crippen molar-refractivity contribution in [1.29, 1.82) is 0 Å². The van der Waals surface area contributed by atoms with Crippen LogP contribution in [0.3, 0.4) is 0 Å². The predicted octanol–water partition coefficient (Wildman–Crippen LogP) is 3.70. The van der Waals surface area contributed by atoms with E-state index in [2.05, 4.69) is 12.2 Å². The Morgan fingerprint density at radius 1 is 1.13 bits per heavy atom. The van der Waals surface area contributed by atoms with Gasteiger partial charge in [-0.3, -0.25) is 24.0 Å². The molecule has 0 saturated heterocycles. The molecule has 0 aromatic carbocycles. The number of amides is 1. The van der Waals surface area contributed by atoms with Crippen molar-refractivity contribution in [3.8, 4) is 0 Å². The molecule has 9 heteroatoms. The van der Waals surface area contributed by atoms with Crippen LogP contribution in [0, 0.1) is 28.6 Å². The number of esters is 1. The Morgan fingerprint density at radius 2 is 1.92 bits per heavy atom. The van der Waals surface area contributed by atoms with E-state index in [4.69, 9.17) is 4.74 Å². The molecular weight excluding hydrogens is 518 g/mol. The molecule has 1 aromatic heterocycles. The second-order valence-corrected chi connectivity index (χ2v) is 13.3. The summed E-state index contributed by atoms with van der Waals surface area (Å²) in [6.45, 7) is 3.76. The fourth-order valence-electron chi connectivity index (χ4n) is 8.09. The molecule has 1 aromatic rings. The molecule has 0 spiro atoms.